The first-order chi connectivity index (χ1) is 6.68. The maximum Gasteiger partial charge on any atom is 0.0883 e. The van der Waals surface area contributed by atoms with Crippen LogP contribution >= 0.6 is 15.9 Å². The predicted octanol–water partition coefficient (Wildman–Crippen LogP) is 2.73. The topological polar surface area (TPSA) is 54.7 Å². The minimum atomic E-state index is 0.672. The highest BCUT2D eigenvalue weighted by molar-refractivity contribution is 9.10. The summed E-state index contributed by atoms with van der Waals surface area (Å²) in [5.74, 6) is 0. The molecule has 0 aliphatic heterocycles. The molecule has 72 valence electrons. The van der Waals surface area contributed by atoms with E-state index in [0.717, 1.165) is 15.7 Å². The van der Waals surface area contributed by atoms with Crippen LogP contribution in [0.3, 0.4) is 0 Å². The molecule has 14 heavy (non-hydrogen) atoms. The van der Waals surface area contributed by atoms with E-state index < -0.39 is 0 Å². The number of hydrogen-bond acceptors (Lipinski definition) is 2. The van der Waals surface area contributed by atoms with Crippen LogP contribution in [0.2, 0.25) is 0 Å². The van der Waals surface area contributed by atoms with Gasteiger partial charge in [0.25, 0.3) is 0 Å². The molecular formula is C10H10BrN3. The zero-order valence-corrected chi connectivity index (χ0v) is 9.30. The monoisotopic (exact) mass is 251 g/mol. The lowest BCUT2D eigenvalue weighted by molar-refractivity contribution is 1.09. The van der Waals surface area contributed by atoms with Crippen LogP contribution in [0, 0.1) is 6.92 Å². The number of benzene rings is 1. The molecule has 0 radical (unpaired) electrons. The summed E-state index contributed by atoms with van der Waals surface area (Å²) in [6, 6.07) is 6.07. The summed E-state index contributed by atoms with van der Waals surface area (Å²) in [4.78, 5) is 0. The van der Waals surface area contributed by atoms with Crippen molar-refractivity contribution in [3.8, 4) is 11.3 Å². The van der Waals surface area contributed by atoms with Crippen molar-refractivity contribution in [3.63, 3.8) is 0 Å². The van der Waals surface area contributed by atoms with Gasteiger partial charge < -0.3 is 5.73 Å². The highest BCUT2D eigenvalue weighted by atomic mass is 79.9. The molecule has 0 atom stereocenters. The van der Waals surface area contributed by atoms with Crippen LogP contribution in [-0.2, 0) is 0 Å². The number of aromatic amines is 1. The van der Waals surface area contributed by atoms with Crippen LogP contribution < -0.4 is 5.73 Å². The van der Waals surface area contributed by atoms with Crippen molar-refractivity contribution >= 4 is 21.6 Å². The number of nitrogens with one attached hydrogen (secondary N) is 1. The quantitative estimate of drug-likeness (QED) is 0.819. The number of anilines is 1. The molecule has 1 heterocycles. The Hall–Kier alpha value is -1.29. The van der Waals surface area contributed by atoms with Gasteiger partial charge in [0.15, 0.2) is 0 Å². The van der Waals surface area contributed by atoms with Gasteiger partial charge in [0.1, 0.15) is 0 Å². The second-order valence-corrected chi connectivity index (χ2v) is 4.08. The summed E-state index contributed by atoms with van der Waals surface area (Å²) in [6.07, 6.45) is 1.62. The third-order valence-corrected chi connectivity index (χ3v) is 2.63. The van der Waals surface area contributed by atoms with Crippen molar-refractivity contribution in [1.29, 1.82) is 0 Å². The van der Waals surface area contributed by atoms with Crippen LogP contribution in [-0.4, -0.2) is 10.2 Å². The van der Waals surface area contributed by atoms with Gasteiger partial charge >= 0.3 is 0 Å². The van der Waals surface area contributed by atoms with Crippen molar-refractivity contribution in [2.24, 2.45) is 0 Å². The summed E-state index contributed by atoms with van der Waals surface area (Å²) < 4.78 is 1.03. The number of nitrogens with zero attached hydrogens (tertiary/aromatic N) is 1. The molecule has 1 aromatic heterocycles. The van der Waals surface area contributed by atoms with Gasteiger partial charge in [0.05, 0.1) is 17.6 Å². The summed E-state index contributed by atoms with van der Waals surface area (Å²) in [5, 5.41) is 6.80. The molecule has 0 spiro atoms. The van der Waals surface area contributed by atoms with Crippen LogP contribution in [0.4, 0.5) is 5.69 Å². The Balaban J connectivity index is 2.62. The minimum absolute atomic E-state index is 0.672. The fraction of sp³-hybridized carbons (Fsp3) is 0.100. The molecule has 0 fully saturated rings. The number of aromatic nitrogens is 2. The highest BCUT2D eigenvalue weighted by Gasteiger charge is 2.07. The van der Waals surface area contributed by atoms with E-state index in [1.54, 1.807) is 6.20 Å². The van der Waals surface area contributed by atoms with E-state index in [1.807, 2.05) is 25.1 Å². The number of hydrogen-bond donors (Lipinski definition) is 2. The SMILES string of the molecule is Cc1ccc(Br)cc1-c1[nH]ncc1N. The fourth-order valence-corrected chi connectivity index (χ4v) is 1.74. The fourth-order valence-electron chi connectivity index (χ4n) is 1.37. The molecule has 0 aliphatic carbocycles. The van der Waals surface area contributed by atoms with Crippen LogP contribution in [0.15, 0.2) is 28.9 Å². The summed E-state index contributed by atoms with van der Waals surface area (Å²) in [6.45, 7) is 2.04. The third-order valence-electron chi connectivity index (χ3n) is 2.14. The van der Waals surface area contributed by atoms with E-state index in [1.165, 1.54) is 5.56 Å². The Morgan fingerprint density at radius 2 is 2.21 bits per heavy atom. The Morgan fingerprint density at radius 1 is 1.43 bits per heavy atom. The molecule has 3 nitrogen and oxygen atoms in total. The lowest BCUT2D eigenvalue weighted by Crippen LogP contribution is -1.89. The normalized spacial score (nSPS) is 10.4. The molecule has 3 N–H and O–H groups in total. The first-order valence-corrected chi connectivity index (χ1v) is 5.03. The highest BCUT2D eigenvalue weighted by Crippen LogP contribution is 2.28. The molecule has 2 aromatic rings. The van der Waals surface area contributed by atoms with Gasteiger partial charge in [0.2, 0.25) is 0 Å². The smallest absolute Gasteiger partial charge is 0.0883 e. The van der Waals surface area contributed by atoms with Crippen molar-refractivity contribution in [2.75, 3.05) is 5.73 Å². The van der Waals surface area contributed by atoms with E-state index >= 15 is 0 Å². The first-order valence-electron chi connectivity index (χ1n) is 4.24. The Labute approximate surface area is 90.5 Å². The van der Waals surface area contributed by atoms with Gasteiger partial charge in [-0.3, -0.25) is 5.10 Å². The standard InChI is InChI=1S/C10H10BrN3/c1-6-2-3-7(11)4-8(6)10-9(12)5-13-14-10/h2-5H,12H2,1H3,(H,13,14). The van der Waals surface area contributed by atoms with Crippen molar-refractivity contribution in [2.45, 2.75) is 6.92 Å². The van der Waals surface area contributed by atoms with E-state index in [2.05, 4.69) is 26.1 Å². The third kappa shape index (κ3) is 1.53. The lowest BCUT2D eigenvalue weighted by Gasteiger charge is -2.04. The van der Waals surface area contributed by atoms with E-state index in [9.17, 15) is 0 Å². The number of aryl methyl sites for hydroxylation is 1. The van der Waals surface area contributed by atoms with Gasteiger partial charge in [0, 0.05) is 10.0 Å². The molecule has 0 bridgehead atoms. The molecule has 0 aliphatic rings. The zero-order valence-electron chi connectivity index (χ0n) is 7.71. The molecule has 0 unspecified atom stereocenters. The summed E-state index contributed by atoms with van der Waals surface area (Å²) >= 11 is 3.43. The Kier molecular flexibility index (Phi) is 2.29. The largest absolute Gasteiger partial charge is 0.396 e. The van der Waals surface area contributed by atoms with Gasteiger partial charge in [-0.25, -0.2) is 0 Å². The van der Waals surface area contributed by atoms with Gasteiger partial charge in [-0.1, -0.05) is 22.0 Å². The molecule has 2 rings (SSSR count). The van der Waals surface area contributed by atoms with Crippen LogP contribution in [0.1, 0.15) is 5.56 Å². The van der Waals surface area contributed by atoms with Crippen LogP contribution in [0.25, 0.3) is 11.3 Å². The van der Waals surface area contributed by atoms with Crippen molar-refractivity contribution in [1.82, 2.24) is 10.2 Å². The molecule has 0 saturated carbocycles. The average molecular weight is 252 g/mol. The minimum Gasteiger partial charge on any atom is -0.396 e. The number of nitrogen functional groups attached to an aromatic ring is 1. The molecule has 0 saturated heterocycles. The average Bonchev–Trinajstić information content (AvgIpc) is 2.56. The number of rotatable bonds is 1. The molecular weight excluding hydrogens is 242 g/mol. The van der Waals surface area contributed by atoms with Gasteiger partial charge in [-0.15, -0.1) is 0 Å². The maximum absolute atomic E-state index is 5.78. The maximum atomic E-state index is 5.78. The second kappa shape index (κ2) is 3.46. The molecule has 0 amide bonds. The van der Waals surface area contributed by atoms with Gasteiger partial charge in [-0.05, 0) is 24.6 Å². The number of H-pyrrole nitrogens is 1. The Bertz CT molecular complexity index is 462. The lowest BCUT2D eigenvalue weighted by atomic mass is 10.1. The van der Waals surface area contributed by atoms with Crippen molar-refractivity contribution < 1.29 is 0 Å². The van der Waals surface area contributed by atoms with Gasteiger partial charge in [-0.2, -0.15) is 5.10 Å². The second-order valence-electron chi connectivity index (χ2n) is 3.16. The summed E-state index contributed by atoms with van der Waals surface area (Å²) in [7, 11) is 0. The van der Waals surface area contributed by atoms with Crippen molar-refractivity contribution in [3.05, 3.63) is 34.4 Å². The molecule has 4 heteroatoms. The van der Waals surface area contributed by atoms with E-state index in [4.69, 9.17) is 5.73 Å². The number of halogens is 1. The zero-order chi connectivity index (χ0) is 10.1. The van der Waals surface area contributed by atoms with E-state index in [0.29, 0.717) is 5.69 Å². The number of nitrogens with two attached hydrogens (primary N) is 1. The first kappa shape index (κ1) is 9.27. The summed E-state index contributed by atoms with van der Waals surface area (Å²) in [5.41, 5.74) is 9.58. The predicted molar refractivity (Wildman–Crippen MR) is 60.9 cm³/mol. The van der Waals surface area contributed by atoms with Crippen LogP contribution in [0.5, 0.6) is 0 Å². The molecule has 1 aromatic carbocycles. The van der Waals surface area contributed by atoms with E-state index in [-0.39, 0.29) is 0 Å². The Morgan fingerprint density at radius 3 is 2.86 bits per heavy atom.